The first-order valence-electron chi connectivity index (χ1n) is 9.85. The summed E-state index contributed by atoms with van der Waals surface area (Å²) in [5.74, 6) is 0.480. The van der Waals surface area contributed by atoms with E-state index in [1.165, 1.54) is 4.90 Å². The highest BCUT2D eigenvalue weighted by atomic mass is 35.5. The predicted molar refractivity (Wildman–Crippen MR) is 111 cm³/mol. The van der Waals surface area contributed by atoms with Gasteiger partial charge >= 0.3 is 0 Å². The Morgan fingerprint density at radius 3 is 2.83 bits per heavy atom. The molecule has 3 heterocycles. The van der Waals surface area contributed by atoms with E-state index >= 15 is 0 Å². The van der Waals surface area contributed by atoms with E-state index in [4.69, 9.17) is 16.3 Å². The Hall–Kier alpha value is -2.87. The number of halogens is 1. The van der Waals surface area contributed by atoms with E-state index in [-0.39, 0.29) is 37.0 Å². The molecule has 8 nitrogen and oxygen atoms in total. The first-order chi connectivity index (χ1) is 14.2. The number of anilines is 1. The SMILES string of the molecule is Cc1cc(NC(=O)CN2CCC3(CCC2=O)CC(=O)c2cc(Cl)ccc2O3)nn1C. The zero-order valence-corrected chi connectivity index (χ0v) is 17.7. The number of ether oxygens (including phenoxy) is 1. The van der Waals surface area contributed by atoms with Gasteiger partial charge in [0.15, 0.2) is 11.6 Å². The highest BCUT2D eigenvalue weighted by molar-refractivity contribution is 6.31. The zero-order valence-electron chi connectivity index (χ0n) is 16.9. The van der Waals surface area contributed by atoms with Crippen molar-refractivity contribution in [2.24, 2.45) is 7.05 Å². The maximum absolute atomic E-state index is 12.7. The minimum atomic E-state index is -0.739. The van der Waals surface area contributed by atoms with E-state index < -0.39 is 5.60 Å². The monoisotopic (exact) mass is 430 g/mol. The lowest BCUT2D eigenvalue weighted by Crippen LogP contribution is -2.43. The van der Waals surface area contributed by atoms with Crippen LogP contribution in [-0.2, 0) is 16.6 Å². The second-order valence-electron chi connectivity index (χ2n) is 7.93. The van der Waals surface area contributed by atoms with E-state index in [0.29, 0.717) is 41.5 Å². The number of nitrogens with zero attached hydrogens (tertiary/aromatic N) is 3. The quantitative estimate of drug-likeness (QED) is 0.808. The van der Waals surface area contributed by atoms with E-state index in [1.54, 1.807) is 36.0 Å². The Bertz CT molecular complexity index is 1010. The van der Waals surface area contributed by atoms with Crippen LogP contribution in [0.25, 0.3) is 0 Å². The number of aromatic nitrogens is 2. The van der Waals surface area contributed by atoms with Crippen LogP contribution < -0.4 is 10.1 Å². The fraction of sp³-hybridized carbons (Fsp3) is 0.429. The van der Waals surface area contributed by atoms with Crippen LogP contribution in [-0.4, -0.2) is 51.0 Å². The number of rotatable bonds is 3. The fourth-order valence-electron chi connectivity index (χ4n) is 3.97. The number of nitrogens with one attached hydrogen (secondary N) is 1. The van der Waals surface area contributed by atoms with Gasteiger partial charge in [-0.25, -0.2) is 0 Å². The van der Waals surface area contributed by atoms with E-state index in [1.807, 2.05) is 6.92 Å². The summed E-state index contributed by atoms with van der Waals surface area (Å²) >= 11 is 6.00. The molecule has 0 saturated carbocycles. The summed E-state index contributed by atoms with van der Waals surface area (Å²) < 4.78 is 7.87. The number of aryl methyl sites for hydroxylation is 2. The van der Waals surface area contributed by atoms with E-state index in [9.17, 15) is 14.4 Å². The number of carbonyl (C=O) groups excluding carboxylic acids is 3. The maximum atomic E-state index is 12.7. The summed E-state index contributed by atoms with van der Waals surface area (Å²) in [5.41, 5.74) is 0.654. The van der Waals surface area contributed by atoms with Crippen molar-refractivity contribution in [1.29, 1.82) is 0 Å². The van der Waals surface area contributed by atoms with Gasteiger partial charge in [-0.15, -0.1) is 0 Å². The fourth-order valence-corrected chi connectivity index (χ4v) is 4.14. The average Bonchev–Trinajstić information content (AvgIpc) is 2.92. The molecule has 2 aliphatic heterocycles. The number of hydrogen-bond acceptors (Lipinski definition) is 5. The molecule has 2 aliphatic rings. The van der Waals surface area contributed by atoms with Gasteiger partial charge in [-0.05, 0) is 31.5 Å². The number of hydrogen-bond donors (Lipinski definition) is 1. The van der Waals surface area contributed by atoms with Crippen LogP contribution in [0, 0.1) is 6.92 Å². The molecule has 1 unspecified atom stereocenters. The van der Waals surface area contributed by atoms with Crippen molar-refractivity contribution in [3.05, 3.63) is 40.5 Å². The number of amides is 2. The standard InChI is InChI=1S/C21H23ClN4O4/c1-13-9-18(24-25(13)2)23-19(28)12-26-8-7-21(6-5-20(26)29)11-16(27)15-10-14(22)3-4-17(15)30-21/h3-4,9-10H,5-8,11-12H2,1-2H3,(H,23,24,28). The molecular weight excluding hydrogens is 408 g/mol. The van der Waals surface area contributed by atoms with Crippen LogP contribution in [0.3, 0.4) is 0 Å². The number of fused-ring (bicyclic) bond motifs is 1. The first-order valence-corrected chi connectivity index (χ1v) is 10.2. The normalized spacial score (nSPS) is 21.2. The zero-order chi connectivity index (χ0) is 21.5. The molecule has 1 fully saturated rings. The number of ketones is 1. The van der Waals surface area contributed by atoms with Crippen LogP contribution in [0.2, 0.25) is 5.02 Å². The maximum Gasteiger partial charge on any atom is 0.245 e. The Morgan fingerprint density at radius 1 is 1.30 bits per heavy atom. The van der Waals surface area contributed by atoms with Gasteiger partial charge in [0.2, 0.25) is 11.8 Å². The number of Topliss-reactive ketones (excluding diaryl/α,β-unsaturated/α-hetero) is 1. The second-order valence-corrected chi connectivity index (χ2v) is 8.37. The third-order valence-electron chi connectivity index (χ3n) is 5.75. The molecule has 158 valence electrons. The topological polar surface area (TPSA) is 93.5 Å². The summed E-state index contributed by atoms with van der Waals surface area (Å²) in [4.78, 5) is 39.3. The molecule has 2 amide bonds. The molecule has 1 spiro atoms. The highest BCUT2D eigenvalue weighted by Crippen LogP contribution is 2.40. The molecule has 30 heavy (non-hydrogen) atoms. The predicted octanol–water partition coefficient (Wildman–Crippen LogP) is 2.74. The summed E-state index contributed by atoms with van der Waals surface area (Å²) in [6, 6.07) is 6.76. The van der Waals surface area contributed by atoms with Crippen molar-refractivity contribution in [1.82, 2.24) is 14.7 Å². The van der Waals surface area contributed by atoms with Gasteiger partial charge in [0, 0.05) is 43.2 Å². The van der Waals surface area contributed by atoms with Gasteiger partial charge in [-0.3, -0.25) is 19.1 Å². The van der Waals surface area contributed by atoms with E-state index in [2.05, 4.69) is 10.4 Å². The van der Waals surface area contributed by atoms with Gasteiger partial charge in [0.25, 0.3) is 0 Å². The number of carbonyl (C=O) groups is 3. The second kappa shape index (κ2) is 7.75. The lowest BCUT2D eigenvalue weighted by Gasteiger charge is -2.37. The molecule has 2 aromatic rings. The number of benzene rings is 1. The van der Waals surface area contributed by atoms with Crippen molar-refractivity contribution in [2.45, 2.75) is 38.2 Å². The lowest BCUT2D eigenvalue weighted by atomic mass is 9.84. The molecule has 1 atom stereocenters. The first kappa shape index (κ1) is 20.4. The molecule has 1 aromatic heterocycles. The van der Waals surface area contributed by atoms with Crippen molar-refractivity contribution >= 4 is 35.0 Å². The third-order valence-corrected chi connectivity index (χ3v) is 5.99. The minimum absolute atomic E-state index is 0.0390. The van der Waals surface area contributed by atoms with Gasteiger partial charge < -0.3 is 15.0 Å². The van der Waals surface area contributed by atoms with Crippen LogP contribution in [0.4, 0.5) is 5.82 Å². The van der Waals surface area contributed by atoms with Crippen molar-refractivity contribution in [3.63, 3.8) is 0 Å². The van der Waals surface area contributed by atoms with E-state index in [0.717, 1.165) is 5.69 Å². The summed E-state index contributed by atoms with van der Waals surface area (Å²) in [6.45, 7) is 2.16. The lowest BCUT2D eigenvalue weighted by molar-refractivity contribution is -0.134. The molecule has 0 radical (unpaired) electrons. The molecule has 4 rings (SSSR count). The summed E-state index contributed by atoms with van der Waals surface area (Å²) in [5, 5.41) is 7.41. The van der Waals surface area contributed by atoms with Crippen LogP contribution in [0.15, 0.2) is 24.3 Å². The van der Waals surface area contributed by atoms with Crippen LogP contribution in [0.1, 0.15) is 41.7 Å². The Balaban J connectivity index is 1.43. The molecule has 1 N–H and O–H groups in total. The minimum Gasteiger partial charge on any atom is -0.486 e. The number of likely N-dealkylation sites (tertiary alicyclic amines) is 1. The smallest absolute Gasteiger partial charge is 0.245 e. The Morgan fingerprint density at radius 2 is 2.10 bits per heavy atom. The molecule has 1 aromatic carbocycles. The highest BCUT2D eigenvalue weighted by Gasteiger charge is 2.43. The molecule has 0 bridgehead atoms. The third kappa shape index (κ3) is 4.05. The molecule has 9 heteroatoms. The van der Waals surface area contributed by atoms with Gasteiger partial charge in [0.1, 0.15) is 11.4 Å². The van der Waals surface area contributed by atoms with Crippen molar-refractivity contribution in [2.75, 3.05) is 18.4 Å². The largest absolute Gasteiger partial charge is 0.486 e. The van der Waals surface area contributed by atoms with Crippen LogP contribution >= 0.6 is 11.6 Å². The molecule has 0 aliphatic carbocycles. The van der Waals surface area contributed by atoms with Crippen molar-refractivity contribution < 1.29 is 19.1 Å². The molecule has 1 saturated heterocycles. The van der Waals surface area contributed by atoms with Crippen LogP contribution in [0.5, 0.6) is 5.75 Å². The summed E-state index contributed by atoms with van der Waals surface area (Å²) in [6.07, 6.45) is 1.31. The average molecular weight is 431 g/mol. The van der Waals surface area contributed by atoms with Gasteiger partial charge in [0.05, 0.1) is 18.5 Å². The molecular formula is C21H23ClN4O4. The summed E-state index contributed by atoms with van der Waals surface area (Å²) in [7, 11) is 1.79. The van der Waals surface area contributed by atoms with Gasteiger partial charge in [-0.1, -0.05) is 11.6 Å². The Kier molecular flexibility index (Phi) is 5.27. The Labute approximate surface area is 179 Å². The van der Waals surface area contributed by atoms with Gasteiger partial charge in [-0.2, -0.15) is 5.10 Å². The van der Waals surface area contributed by atoms with Crippen molar-refractivity contribution in [3.8, 4) is 5.75 Å².